The number of ether oxygens (including phenoxy) is 1. The van der Waals surface area contributed by atoms with E-state index in [2.05, 4.69) is 15.5 Å². The van der Waals surface area contributed by atoms with E-state index in [9.17, 15) is 4.79 Å². The quantitative estimate of drug-likeness (QED) is 0.695. The first kappa shape index (κ1) is 9.44. The zero-order valence-electron chi connectivity index (χ0n) is 7.57. The first-order valence-electron chi connectivity index (χ1n) is 3.95. The topological polar surface area (TPSA) is 64.1 Å². The Balaban J connectivity index is 2.82. The molecule has 70 valence electrons. The Morgan fingerprint density at radius 1 is 1.69 bits per heavy atom. The molecule has 0 saturated heterocycles. The normalized spacial score (nSPS) is 9.38. The second-order valence-corrected chi connectivity index (χ2v) is 2.30. The highest BCUT2D eigenvalue weighted by Crippen LogP contribution is 2.05. The van der Waals surface area contributed by atoms with E-state index in [0.29, 0.717) is 6.61 Å². The molecular weight excluding hydrogens is 170 g/mol. The molecule has 0 atom stereocenters. The third-order valence-electron chi connectivity index (χ3n) is 1.43. The molecule has 0 aliphatic carbocycles. The van der Waals surface area contributed by atoms with Crippen LogP contribution in [-0.4, -0.2) is 29.8 Å². The van der Waals surface area contributed by atoms with E-state index in [-0.39, 0.29) is 5.69 Å². The number of carbonyl (C=O) groups is 1. The van der Waals surface area contributed by atoms with Crippen molar-refractivity contribution in [1.29, 1.82) is 0 Å². The summed E-state index contributed by atoms with van der Waals surface area (Å²) in [4.78, 5) is 11.2. The average molecular weight is 181 g/mol. The summed E-state index contributed by atoms with van der Waals surface area (Å²) in [5.74, 6) is -0.452. The van der Waals surface area contributed by atoms with Crippen LogP contribution in [0.1, 0.15) is 17.4 Å². The lowest BCUT2D eigenvalue weighted by atomic mass is 10.3. The molecule has 1 aromatic rings. The van der Waals surface area contributed by atoms with E-state index >= 15 is 0 Å². The van der Waals surface area contributed by atoms with Crippen LogP contribution in [0.5, 0.6) is 0 Å². The van der Waals surface area contributed by atoms with Crippen molar-refractivity contribution in [2.24, 2.45) is 0 Å². The van der Waals surface area contributed by atoms with Crippen LogP contribution >= 0.6 is 0 Å². The number of anilines is 1. The molecule has 0 spiro atoms. The Bertz CT molecular complexity index is 301. The van der Waals surface area contributed by atoms with E-state index in [0.717, 1.165) is 5.69 Å². The lowest BCUT2D eigenvalue weighted by Crippen LogP contribution is -2.08. The first-order chi connectivity index (χ1) is 6.27. The number of nitrogens with zero attached hydrogens (tertiary/aromatic N) is 2. The van der Waals surface area contributed by atoms with Crippen LogP contribution < -0.4 is 5.32 Å². The van der Waals surface area contributed by atoms with Gasteiger partial charge < -0.3 is 10.1 Å². The maximum atomic E-state index is 11.2. The molecule has 1 aromatic heterocycles. The van der Waals surface area contributed by atoms with E-state index in [1.807, 2.05) is 0 Å². The van der Waals surface area contributed by atoms with Crippen molar-refractivity contribution in [3.63, 3.8) is 0 Å². The van der Waals surface area contributed by atoms with Gasteiger partial charge in [0.15, 0.2) is 5.69 Å². The largest absolute Gasteiger partial charge is 0.461 e. The van der Waals surface area contributed by atoms with Gasteiger partial charge in [-0.15, -0.1) is 5.10 Å². The maximum Gasteiger partial charge on any atom is 0.358 e. The van der Waals surface area contributed by atoms with Crippen LogP contribution in [0.4, 0.5) is 5.69 Å². The Morgan fingerprint density at radius 2 is 2.46 bits per heavy atom. The van der Waals surface area contributed by atoms with Crippen molar-refractivity contribution in [2.45, 2.75) is 6.92 Å². The molecule has 0 aliphatic heterocycles. The number of rotatable bonds is 3. The third kappa shape index (κ3) is 2.40. The van der Waals surface area contributed by atoms with Crippen LogP contribution in [0.15, 0.2) is 12.3 Å². The minimum Gasteiger partial charge on any atom is -0.461 e. The minimum absolute atomic E-state index is 0.216. The molecule has 0 aromatic carbocycles. The van der Waals surface area contributed by atoms with Gasteiger partial charge in [-0.2, -0.15) is 5.10 Å². The van der Waals surface area contributed by atoms with Gasteiger partial charge >= 0.3 is 5.97 Å². The number of hydrogen-bond acceptors (Lipinski definition) is 5. The monoisotopic (exact) mass is 181 g/mol. The number of carbonyl (C=O) groups excluding carboxylic acids is 1. The zero-order chi connectivity index (χ0) is 9.68. The fourth-order valence-corrected chi connectivity index (χ4v) is 0.808. The summed E-state index contributed by atoms with van der Waals surface area (Å²) in [6.45, 7) is 2.08. The molecular formula is C8H11N3O2. The van der Waals surface area contributed by atoms with E-state index in [4.69, 9.17) is 4.74 Å². The molecule has 0 amide bonds. The third-order valence-corrected chi connectivity index (χ3v) is 1.43. The van der Waals surface area contributed by atoms with Gasteiger partial charge in [0.1, 0.15) is 0 Å². The fourth-order valence-electron chi connectivity index (χ4n) is 0.808. The Labute approximate surface area is 76.1 Å². The fraction of sp³-hybridized carbons (Fsp3) is 0.375. The van der Waals surface area contributed by atoms with Crippen LogP contribution in [0, 0.1) is 0 Å². The molecule has 0 saturated carbocycles. The summed E-state index contributed by atoms with van der Waals surface area (Å²) in [5.41, 5.74) is 0.951. The lowest BCUT2D eigenvalue weighted by Gasteiger charge is -2.01. The van der Waals surface area contributed by atoms with Gasteiger partial charge in [-0.05, 0) is 13.0 Å². The predicted octanol–water partition coefficient (Wildman–Crippen LogP) is 0.695. The molecule has 5 heteroatoms. The number of aromatic nitrogens is 2. The van der Waals surface area contributed by atoms with Crippen molar-refractivity contribution in [1.82, 2.24) is 10.2 Å². The molecule has 1 heterocycles. The summed E-state index contributed by atoms with van der Waals surface area (Å²) in [6.07, 6.45) is 1.53. The van der Waals surface area contributed by atoms with Gasteiger partial charge in [-0.25, -0.2) is 4.79 Å². The van der Waals surface area contributed by atoms with Crippen LogP contribution in [0.3, 0.4) is 0 Å². The molecule has 1 N–H and O–H groups in total. The second-order valence-electron chi connectivity index (χ2n) is 2.30. The Morgan fingerprint density at radius 3 is 3.08 bits per heavy atom. The Kier molecular flexibility index (Phi) is 3.19. The molecule has 0 bridgehead atoms. The Hall–Kier alpha value is -1.65. The molecule has 5 nitrogen and oxygen atoms in total. The van der Waals surface area contributed by atoms with Gasteiger partial charge in [0.2, 0.25) is 0 Å². The molecule has 13 heavy (non-hydrogen) atoms. The predicted molar refractivity (Wildman–Crippen MR) is 47.5 cm³/mol. The standard InChI is InChI=1S/C8H11N3O2/c1-3-13-8(12)7-4-6(9-2)5-10-11-7/h4-5H,3H2,1-2H3,(H,9,11). The summed E-state index contributed by atoms with van der Waals surface area (Å²) in [6, 6.07) is 1.59. The number of esters is 1. The SMILES string of the molecule is CCOC(=O)c1cc(NC)cnn1. The van der Waals surface area contributed by atoms with Crippen molar-refractivity contribution in [3.05, 3.63) is 18.0 Å². The molecule has 0 aliphatic rings. The minimum atomic E-state index is -0.452. The summed E-state index contributed by atoms with van der Waals surface area (Å²) in [5, 5.41) is 10.1. The van der Waals surface area contributed by atoms with Crippen molar-refractivity contribution in [2.75, 3.05) is 19.0 Å². The number of hydrogen-bond donors (Lipinski definition) is 1. The highest BCUT2D eigenvalue weighted by Gasteiger charge is 2.08. The summed E-state index contributed by atoms with van der Waals surface area (Å²) < 4.78 is 4.76. The highest BCUT2D eigenvalue weighted by molar-refractivity contribution is 5.87. The zero-order valence-corrected chi connectivity index (χ0v) is 7.57. The lowest BCUT2D eigenvalue weighted by molar-refractivity contribution is 0.0518. The maximum absolute atomic E-state index is 11.2. The average Bonchev–Trinajstić information content (AvgIpc) is 2.18. The smallest absolute Gasteiger partial charge is 0.358 e. The van der Waals surface area contributed by atoms with Gasteiger partial charge in [-0.1, -0.05) is 0 Å². The highest BCUT2D eigenvalue weighted by atomic mass is 16.5. The van der Waals surface area contributed by atoms with Gasteiger partial charge in [0, 0.05) is 7.05 Å². The number of nitrogens with one attached hydrogen (secondary N) is 1. The van der Waals surface area contributed by atoms with Crippen molar-refractivity contribution >= 4 is 11.7 Å². The van der Waals surface area contributed by atoms with Gasteiger partial charge in [0.05, 0.1) is 18.5 Å². The van der Waals surface area contributed by atoms with Gasteiger partial charge in [0.25, 0.3) is 0 Å². The molecule has 0 radical (unpaired) electrons. The summed E-state index contributed by atoms with van der Waals surface area (Å²) in [7, 11) is 1.74. The summed E-state index contributed by atoms with van der Waals surface area (Å²) >= 11 is 0. The van der Waals surface area contributed by atoms with E-state index in [1.165, 1.54) is 6.20 Å². The van der Waals surface area contributed by atoms with Crippen molar-refractivity contribution in [3.8, 4) is 0 Å². The van der Waals surface area contributed by atoms with Crippen LogP contribution in [0.2, 0.25) is 0 Å². The van der Waals surface area contributed by atoms with E-state index in [1.54, 1.807) is 20.0 Å². The van der Waals surface area contributed by atoms with E-state index < -0.39 is 5.97 Å². The second kappa shape index (κ2) is 4.39. The van der Waals surface area contributed by atoms with Crippen LogP contribution in [0.25, 0.3) is 0 Å². The van der Waals surface area contributed by atoms with Crippen molar-refractivity contribution < 1.29 is 9.53 Å². The van der Waals surface area contributed by atoms with Crippen LogP contribution in [-0.2, 0) is 4.74 Å². The van der Waals surface area contributed by atoms with Gasteiger partial charge in [-0.3, -0.25) is 0 Å². The first-order valence-corrected chi connectivity index (χ1v) is 3.95. The molecule has 1 rings (SSSR count). The molecule has 0 fully saturated rings. The molecule has 0 unspecified atom stereocenters.